The Kier molecular flexibility index (Phi) is 6.59. The fourth-order valence-electron chi connectivity index (χ4n) is 1.03. The Hall–Kier alpha value is 0.0569. The van der Waals surface area contributed by atoms with Crippen LogP contribution in [0.25, 0.3) is 0 Å². The summed E-state index contributed by atoms with van der Waals surface area (Å²) in [4.78, 5) is 0. The Morgan fingerprint density at radius 2 is 1.92 bits per heavy atom. The molecule has 2 N–H and O–H groups in total. The smallest absolute Gasteiger partial charge is 0.364 e. The molecular formula is C7H19NO3Si. The Morgan fingerprint density at radius 3 is 2.25 bits per heavy atom. The fraction of sp³-hybridized carbons (Fsp3) is 1.00. The van der Waals surface area contributed by atoms with Crippen LogP contribution in [0.2, 0.25) is 6.04 Å². The highest BCUT2D eigenvalue weighted by molar-refractivity contribution is 6.67. The van der Waals surface area contributed by atoms with Gasteiger partial charge in [0.05, 0.1) is 6.23 Å². The van der Waals surface area contributed by atoms with E-state index >= 15 is 0 Å². The van der Waals surface area contributed by atoms with Crippen LogP contribution in [0.3, 0.4) is 0 Å². The summed E-state index contributed by atoms with van der Waals surface area (Å²) in [6, 6.07) is 0.831. The van der Waals surface area contributed by atoms with Crippen LogP contribution in [0.5, 0.6) is 0 Å². The molecule has 0 aliphatic carbocycles. The summed E-state index contributed by atoms with van der Waals surface area (Å²) in [6.07, 6.45) is 1.01. The van der Waals surface area contributed by atoms with Gasteiger partial charge < -0.3 is 19.3 Å². The zero-order valence-electron chi connectivity index (χ0n) is 8.09. The van der Waals surface area contributed by atoms with Crippen molar-refractivity contribution in [3.63, 3.8) is 0 Å². The lowest BCUT2D eigenvalue weighted by atomic mass is 10.5. The molecule has 0 aliphatic rings. The van der Waals surface area contributed by atoms with Crippen LogP contribution in [0.1, 0.15) is 6.42 Å². The summed E-state index contributed by atoms with van der Waals surface area (Å²) in [5.41, 5.74) is 0. The quantitative estimate of drug-likeness (QED) is 0.436. The van der Waals surface area contributed by atoms with Crippen LogP contribution < -0.4 is 5.32 Å². The Bertz CT molecular complexity index is 101. The van der Waals surface area contributed by atoms with Crippen LogP contribution >= 0.6 is 0 Å². The summed E-state index contributed by atoms with van der Waals surface area (Å²) in [7, 11) is 2.87. The van der Waals surface area contributed by atoms with Crippen molar-refractivity contribution < 1.29 is 14.0 Å². The molecule has 74 valence electrons. The molecule has 4 nitrogen and oxygen atoms in total. The standard InChI is InChI=1S/C7H19NO3Si/c1-8-5-4-6-12(7-9,10-2)11-3/h8-9H,4-7H2,1-3H3. The van der Waals surface area contributed by atoms with E-state index in [2.05, 4.69) is 5.32 Å². The van der Waals surface area contributed by atoms with Gasteiger partial charge in [-0.1, -0.05) is 0 Å². The zero-order chi connectivity index (χ0) is 9.45. The highest BCUT2D eigenvalue weighted by Gasteiger charge is 2.33. The van der Waals surface area contributed by atoms with E-state index in [1.165, 1.54) is 0 Å². The third-order valence-corrected chi connectivity index (χ3v) is 5.05. The topological polar surface area (TPSA) is 50.7 Å². The van der Waals surface area contributed by atoms with Gasteiger partial charge in [-0.05, 0) is 26.1 Å². The normalized spacial score (nSPS) is 12.0. The highest BCUT2D eigenvalue weighted by atomic mass is 28.4. The summed E-state index contributed by atoms with van der Waals surface area (Å²) in [6.45, 7) is 0.932. The van der Waals surface area contributed by atoms with Gasteiger partial charge in [0.25, 0.3) is 0 Å². The molecule has 0 bridgehead atoms. The molecule has 0 radical (unpaired) electrons. The van der Waals surface area contributed by atoms with Crippen LogP contribution in [-0.2, 0) is 8.85 Å². The van der Waals surface area contributed by atoms with Gasteiger partial charge in [0.2, 0.25) is 0 Å². The van der Waals surface area contributed by atoms with Gasteiger partial charge in [-0.2, -0.15) is 0 Å². The predicted molar refractivity (Wildman–Crippen MR) is 50.2 cm³/mol. The lowest BCUT2D eigenvalue weighted by Crippen LogP contribution is -2.44. The van der Waals surface area contributed by atoms with Crippen molar-refractivity contribution in [1.82, 2.24) is 5.32 Å². The Morgan fingerprint density at radius 1 is 1.33 bits per heavy atom. The van der Waals surface area contributed by atoms with Crippen molar-refractivity contribution in [3.8, 4) is 0 Å². The van der Waals surface area contributed by atoms with Gasteiger partial charge in [-0.3, -0.25) is 0 Å². The van der Waals surface area contributed by atoms with E-state index in [0.717, 1.165) is 19.0 Å². The second kappa shape index (κ2) is 6.56. The minimum Gasteiger partial charge on any atom is -0.396 e. The predicted octanol–water partition coefficient (Wildman–Crippen LogP) is -0.138. The van der Waals surface area contributed by atoms with E-state index in [1.54, 1.807) is 14.2 Å². The fourth-order valence-corrected chi connectivity index (χ4v) is 2.74. The van der Waals surface area contributed by atoms with Crippen molar-refractivity contribution >= 4 is 8.56 Å². The first kappa shape index (κ1) is 12.1. The molecule has 0 heterocycles. The van der Waals surface area contributed by atoms with Gasteiger partial charge in [-0.15, -0.1) is 0 Å². The largest absolute Gasteiger partial charge is 0.396 e. The maximum absolute atomic E-state index is 9.07. The molecule has 0 saturated carbocycles. The molecule has 5 heteroatoms. The number of aliphatic hydroxyl groups excluding tert-OH is 1. The third kappa shape index (κ3) is 3.64. The average molecular weight is 193 g/mol. The van der Waals surface area contributed by atoms with Crippen LogP contribution in [-0.4, -0.2) is 47.7 Å². The SMILES string of the molecule is CNCCC[Si](CO)(OC)OC. The Balaban J connectivity index is 3.76. The van der Waals surface area contributed by atoms with Crippen molar-refractivity contribution in [2.24, 2.45) is 0 Å². The number of hydrogen-bond acceptors (Lipinski definition) is 4. The second-order valence-electron chi connectivity index (χ2n) is 2.68. The van der Waals surface area contributed by atoms with E-state index in [1.807, 2.05) is 7.05 Å². The minimum absolute atomic E-state index is 0.0315. The molecule has 0 spiro atoms. The molecule has 0 unspecified atom stereocenters. The van der Waals surface area contributed by atoms with Gasteiger partial charge in [0.1, 0.15) is 0 Å². The first-order valence-corrected chi connectivity index (χ1v) is 6.33. The molecule has 0 aromatic carbocycles. The lowest BCUT2D eigenvalue weighted by molar-refractivity contribution is 0.196. The highest BCUT2D eigenvalue weighted by Crippen LogP contribution is 2.12. The average Bonchev–Trinajstić information content (AvgIpc) is 2.14. The lowest BCUT2D eigenvalue weighted by Gasteiger charge is -2.24. The molecule has 0 rings (SSSR count). The first-order chi connectivity index (χ1) is 5.74. The number of hydrogen-bond donors (Lipinski definition) is 2. The molecule has 0 atom stereocenters. The molecule has 0 saturated heterocycles. The molecule has 0 fully saturated rings. The molecule has 0 aliphatic heterocycles. The third-order valence-electron chi connectivity index (χ3n) is 1.97. The van der Waals surface area contributed by atoms with Crippen molar-refractivity contribution in [2.75, 3.05) is 34.0 Å². The molecule has 12 heavy (non-hydrogen) atoms. The second-order valence-corrected chi connectivity index (χ2v) is 6.14. The van der Waals surface area contributed by atoms with E-state index in [4.69, 9.17) is 14.0 Å². The van der Waals surface area contributed by atoms with E-state index < -0.39 is 8.56 Å². The van der Waals surface area contributed by atoms with E-state index in [-0.39, 0.29) is 6.23 Å². The minimum atomic E-state index is -2.24. The summed E-state index contributed by atoms with van der Waals surface area (Å²) < 4.78 is 10.4. The summed E-state index contributed by atoms with van der Waals surface area (Å²) in [5, 5.41) is 12.1. The van der Waals surface area contributed by atoms with Crippen LogP contribution in [0, 0.1) is 0 Å². The number of aliphatic hydroxyl groups is 1. The molecular weight excluding hydrogens is 174 g/mol. The van der Waals surface area contributed by atoms with Gasteiger partial charge in [0.15, 0.2) is 0 Å². The van der Waals surface area contributed by atoms with Crippen molar-refractivity contribution in [2.45, 2.75) is 12.5 Å². The molecule has 0 aromatic heterocycles. The maximum Gasteiger partial charge on any atom is 0.364 e. The summed E-state index contributed by atoms with van der Waals surface area (Å²) >= 11 is 0. The number of rotatable bonds is 7. The van der Waals surface area contributed by atoms with Gasteiger partial charge in [-0.25, -0.2) is 0 Å². The van der Waals surface area contributed by atoms with Gasteiger partial charge >= 0.3 is 8.56 Å². The Labute approximate surface area is 75.1 Å². The van der Waals surface area contributed by atoms with E-state index in [0.29, 0.717) is 0 Å². The first-order valence-electron chi connectivity index (χ1n) is 4.10. The van der Waals surface area contributed by atoms with Crippen LogP contribution in [0.4, 0.5) is 0 Å². The van der Waals surface area contributed by atoms with Crippen LogP contribution in [0.15, 0.2) is 0 Å². The van der Waals surface area contributed by atoms with Crippen molar-refractivity contribution in [1.29, 1.82) is 0 Å². The molecule has 0 aromatic rings. The zero-order valence-corrected chi connectivity index (χ0v) is 9.09. The monoisotopic (exact) mass is 193 g/mol. The summed E-state index contributed by atoms with van der Waals surface area (Å²) in [5.74, 6) is 0. The van der Waals surface area contributed by atoms with Crippen molar-refractivity contribution in [3.05, 3.63) is 0 Å². The maximum atomic E-state index is 9.07. The van der Waals surface area contributed by atoms with E-state index in [9.17, 15) is 0 Å². The van der Waals surface area contributed by atoms with Gasteiger partial charge in [0, 0.05) is 14.2 Å². The number of nitrogens with one attached hydrogen (secondary N) is 1. The molecule has 0 amide bonds.